The van der Waals surface area contributed by atoms with Gasteiger partial charge in [0, 0.05) is 29.3 Å². The fourth-order valence-corrected chi connectivity index (χ4v) is 3.34. The normalized spacial score (nSPS) is 16.3. The number of H-pyrrole nitrogens is 1. The molecular formula is C20H19N3O3. The summed E-state index contributed by atoms with van der Waals surface area (Å²) in [4.78, 5) is 20.2. The average molecular weight is 349 g/mol. The molecule has 5 rings (SSSR count). The lowest BCUT2D eigenvalue weighted by Gasteiger charge is -2.24. The van der Waals surface area contributed by atoms with Gasteiger partial charge >= 0.3 is 0 Å². The molecule has 132 valence electrons. The summed E-state index contributed by atoms with van der Waals surface area (Å²) in [6, 6.07) is 11.6. The lowest BCUT2D eigenvalue weighted by Crippen LogP contribution is -2.27. The van der Waals surface area contributed by atoms with E-state index in [9.17, 15) is 4.79 Å². The highest BCUT2D eigenvalue weighted by molar-refractivity contribution is 5.93. The van der Waals surface area contributed by atoms with Crippen molar-refractivity contribution in [3.8, 4) is 22.9 Å². The highest BCUT2D eigenvalue weighted by atomic mass is 16.6. The van der Waals surface area contributed by atoms with E-state index in [0.29, 0.717) is 13.2 Å². The van der Waals surface area contributed by atoms with Crippen molar-refractivity contribution in [1.29, 1.82) is 0 Å². The number of nitrogens with zero attached hydrogens (tertiary/aromatic N) is 1. The van der Waals surface area contributed by atoms with Crippen molar-refractivity contribution < 1.29 is 14.3 Å². The van der Waals surface area contributed by atoms with Gasteiger partial charge < -0.3 is 19.8 Å². The van der Waals surface area contributed by atoms with E-state index in [0.717, 1.165) is 58.9 Å². The highest BCUT2D eigenvalue weighted by Crippen LogP contribution is 2.35. The maximum absolute atomic E-state index is 12.2. The molecule has 1 aliphatic heterocycles. The van der Waals surface area contributed by atoms with Crippen LogP contribution >= 0.6 is 0 Å². The third-order valence-electron chi connectivity index (χ3n) is 5.03. The molecule has 2 aliphatic rings. The Bertz CT molecular complexity index is 948. The quantitative estimate of drug-likeness (QED) is 0.755. The van der Waals surface area contributed by atoms with Gasteiger partial charge in [0.1, 0.15) is 19.0 Å². The number of amides is 1. The van der Waals surface area contributed by atoms with E-state index < -0.39 is 0 Å². The van der Waals surface area contributed by atoms with Crippen LogP contribution in [0.4, 0.5) is 5.69 Å². The predicted molar refractivity (Wildman–Crippen MR) is 98.5 cm³/mol. The Morgan fingerprint density at radius 3 is 2.69 bits per heavy atom. The fourth-order valence-electron chi connectivity index (χ4n) is 3.34. The summed E-state index contributed by atoms with van der Waals surface area (Å²) >= 11 is 0. The smallest absolute Gasteiger partial charge is 0.227 e. The number of aromatic amines is 1. The summed E-state index contributed by atoms with van der Waals surface area (Å²) < 4.78 is 11.2. The fraction of sp³-hybridized carbons (Fsp3) is 0.300. The SMILES string of the molecule is O=C(Nc1cccc(-c2nc3cc4c(cc3[nH]2)OCCO4)c1)C1CCC1. The minimum atomic E-state index is 0.111. The number of benzene rings is 2. The van der Waals surface area contributed by atoms with Gasteiger partial charge in [-0.05, 0) is 25.0 Å². The third-order valence-corrected chi connectivity index (χ3v) is 5.03. The van der Waals surface area contributed by atoms with E-state index in [4.69, 9.17) is 9.47 Å². The number of anilines is 1. The maximum atomic E-state index is 12.2. The van der Waals surface area contributed by atoms with Crippen LogP contribution in [0.1, 0.15) is 19.3 Å². The van der Waals surface area contributed by atoms with Crippen LogP contribution in [-0.2, 0) is 4.79 Å². The van der Waals surface area contributed by atoms with Crippen LogP contribution in [0.3, 0.4) is 0 Å². The van der Waals surface area contributed by atoms with Gasteiger partial charge in [-0.1, -0.05) is 18.6 Å². The number of aromatic nitrogens is 2. The maximum Gasteiger partial charge on any atom is 0.227 e. The van der Waals surface area contributed by atoms with Crippen LogP contribution in [0.2, 0.25) is 0 Å². The molecule has 1 saturated carbocycles. The van der Waals surface area contributed by atoms with Gasteiger partial charge in [-0.15, -0.1) is 0 Å². The topological polar surface area (TPSA) is 76.2 Å². The van der Waals surface area contributed by atoms with Gasteiger partial charge in [0.15, 0.2) is 11.5 Å². The molecule has 2 N–H and O–H groups in total. The molecule has 0 spiro atoms. The number of ether oxygens (including phenoxy) is 2. The lowest BCUT2D eigenvalue weighted by atomic mass is 9.85. The largest absolute Gasteiger partial charge is 0.486 e. The van der Waals surface area contributed by atoms with Crippen molar-refractivity contribution in [2.75, 3.05) is 18.5 Å². The summed E-state index contributed by atoms with van der Waals surface area (Å²) in [6.07, 6.45) is 3.13. The first kappa shape index (κ1) is 15.3. The van der Waals surface area contributed by atoms with Gasteiger partial charge in [-0.2, -0.15) is 0 Å². The summed E-state index contributed by atoms with van der Waals surface area (Å²) in [5.41, 5.74) is 3.44. The number of nitrogens with one attached hydrogen (secondary N) is 2. The highest BCUT2D eigenvalue weighted by Gasteiger charge is 2.25. The number of fused-ring (bicyclic) bond motifs is 2. The van der Waals surface area contributed by atoms with E-state index in [1.54, 1.807) is 0 Å². The predicted octanol–water partition coefficient (Wildman–Crippen LogP) is 3.74. The number of carbonyl (C=O) groups excluding carboxylic acids is 1. The van der Waals surface area contributed by atoms with E-state index in [2.05, 4.69) is 15.3 Å². The number of carbonyl (C=O) groups is 1. The minimum absolute atomic E-state index is 0.111. The Hall–Kier alpha value is -3.02. The van der Waals surface area contributed by atoms with Gasteiger partial charge in [0.25, 0.3) is 0 Å². The summed E-state index contributed by atoms with van der Waals surface area (Å²) in [7, 11) is 0. The van der Waals surface area contributed by atoms with Crippen molar-refractivity contribution in [2.24, 2.45) is 5.92 Å². The zero-order valence-electron chi connectivity index (χ0n) is 14.2. The molecule has 0 unspecified atom stereocenters. The van der Waals surface area contributed by atoms with Crippen LogP contribution in [0.15, 0.2) is 36.4 Å². The number of hydrogen-bond acceptors (Lipinski definition) is 4. The molecule has 26 heavy (non-hydrogen) atoms. The Labute approximate surface area is 150 Å². The molecule has 3 aromatic rings. The first-order chi connectivity index (χ1) is 12.8. The molecule has 2 heterocycles. The Morgan fingerprint density at radius 2 is 1.92 bits per heavy atom. The summed E-state index contributed by atoms with van der Waals surface area (Å²) in [6.45, 7) is 1.11. The van der Waals surface area contributed by atoms with Crippen LogP contribution in [0, 0.1) is 5.92 Å². The van der Waals surface area contributed by atoms with Gasteiger partial charge in [-0.3, -0.25) is 4.79 Å². The monoisotopic (exact) mass is 349 g/mol. The minimum Gasteiger partial charge on any atom is -0.486 e. The zero-order chi connectivity index (χ0) is 17.5. The van der Waals surface area contributed by atoms with E-state index in [1.807, 2.05) is 36.4 Å². The third kappa shape index (κ3) is 2.67. The number of imidazole rings is 1. The average Bonchev–Trinajstić information content (AvgIpc) is 3.01. The molecule has 0 bridgehead atoms. The molecule has 6 nitrogen and oxygen atoms in total. The van der Waals surface area contributed by atoms with Gasteiger partial charge in [-0.25, -0.2) is 4.98 Å². The number of hydrogen-bond donors (Lipinski definition) is 2. The molecule has 0 radical (unpaired) electrons. The van der Waals surface area contributed by atoms with E-state index in [-0.39, 0.29) is 11.8 Å². The molecule has 1 aliphatic carbocycles. The number of rotatable bonds is 3. The Morgan fingerprint density at radius 1 is 1.12 bits per heavy atom. The molecule has 0 saturated heterocycles. The first-order valence-electron chi connectivity index (χ1n) is 8.97. The van der Waals surface area contributed by atoms with Crippen LogP contribution in [-0.4, -0.2) is 29.1 Å². The van der Waals surface area contributed by atoms with Crippen molar-refractivity contribution in [3.05, 3.63) is 36.4 Å². The first-order valence-corrected chi connectivity index (χ1v) is 8.97. The molecule has 0 atom stereocenters. The standard InChI is InChI=1S/C20H19N3O3/c24-20(12-3-1-4-12)21-14-6-2-5-13(9-14)19-22-15-10-17-18(11-16(15)23-19)26-8-7-25-17/h2,5-6,9-12H,1,3-4,7-8H2,(H,21,24)(H,22,23). The summed E-state index contributed by atoms with van der Waals surface area (Å²) in [5, 5.41) is 3.01. The zero-order valence-corrected chi connectivity index (χ0v) is 14.2. The lowest BCUT2D eigenvalue weighted by molar-refractivity contribution is -0.122. The molecule has 1 amide bonds. The summed E-state index contributed by atoms with van der Waals surface area (Å²) in [5.74, 6) is 2.49. The van der Waals surface area contributed by atoms with Crippen molar-refractivity contribution in [2.45, 2.75) is 19.3 Å². The second-order valence-corrected chi connectivity index (χ2v) is 6.80. The van der Waals surface area contributed by atoms with E-state index in [1.165, 1.54) is 0 Å². The van der Waals surface area contributed by atoms with Crippen LogP contribution < -0.4 is 14.8 Å². The van der Waals surface area contributed by atoms with Gasteiger partial charge in [0.2, 0.25) is 5.91 Å². The second-order valence-electron chi connectivity index (χ2n) is 6.80. The van der Waals surface area contributed by atoms with Crippen LogP contribution in [0.25, 0.3) is 22.4 Å². The second kappa shape index (κ2) is 6.05. The molecule has 6 heteroatoms. The van der Waals surface area contributed by atoms with Crippen molar-refractivity contribution in [3.63, 3.8) is 0 Å². The van der Waals surface area contributed by atoms with Crippen molar-refractivity contribution >= 4 is 22.6 Å². The molecule has 1 fully saturated rings. The molecule has 2 aromatic carbocycles. The van der Waals surface area contributed by atoms with Gasteiger partial charge in [0.05, 0.1) is 11.0 Å². The Kier molecular flexibility index (Phi) is 3.55. The Balaban J connectivity index is 1.45. The molecule has 1 aromatic heterocycles. The van der Waals surface area contributed by atoms with Crippen LogP contribution in [0.5, 0.6) is 11.5 Å². The van der Waals surface area contributed by atoms with Crippen molar-refractivity contribution in [1.82, 2.24) is 9.97 Å². The molecular weight excluding hydrogens is 330 g/mol. The van der Waals surface area contributed by atoms with E-state index >= 15 is 0 Å².